The maximum Gasteiger partial charge on any atom is 0.153 e. The molecule has 0 unspecified atom stereocenters. The predicted octanol–water partition coefficient (Wildman–Crippen LogP) is 1.48. The van der Waals surface area contributed by atoms with Crippen LogP contribution in [-0.2, 0) is 25.9 Å². The molecule has 0 atom stereocenters. The van der Waals surface area contributed by atoms with Crippen LogP contribution in [0.15, 0.2) is 6.33 Å². The van der Waals surface area contributed by atoms with Gasteiger partial charge in [0.05, 0.1) is 11.3 Å². The average Bonchev–Trinajstić information content (AvgIpc) is 3.02. The molecular weight excluding hydrogens is 242 g/mol. The van der Waals surface area contributed by atoms with Crippen molar-refractivity contribution in [3.05, 3.63) is 29.1 Å². The van der Waals surface area contributed by atoms with Crippen molar-refractivity contribution >= 4 is 6.29 Å². The molecule has 0 spiro atoms. The molecule has 0 radical (unpaired) electrons. The van der Waals surface area contributed by atoms with E-state index < -0.39 is 0 Å². The summed E-state index contributed by atoms with van der Waals surface area (Å²) in [6, 6.07) is 0. The Hall–Kier alpha value is -1.98. The second-order valence-corrected chi connectivity index (χ2v) is 4.28. The Bertz CT molecular complexity index is 570. The first-order valence-electron chi connectivity index (χ1n) is 6.65. The van der Waals surface area contributed by atoms with Crippen LogP contribution < -0.4 is 0 Å². The van der Waals surface area contributed by atoms with Crippen molar-refractivity contribution in [1.82, 2.24) is 24.5 Å². The Morgan fingerprint density at radius 2 is 2.00 bits per heavy atom. The highest BCUT2D eigenvalue weighted by atomic mass is 16.1. The van der Waals surface area contributed by atoms with Crippen LogP contribution in [0.4, 0.5) is 0 Å². The molecule has 0 saturated heterocycles. The molecule has 0 N–H and O–H groups in total. The Labute approximate surface area is 112 Å². The molecule has 0 fully saturated rings. The quantitative estimate of drug-likeness (QED) is 0.739. The molecule has 19 heavy (non-hydrogen) atoms. The molecule has 2 rings (SSSR count). The standard InChI is InChI=1S/C13H19N5O/c1-4-11-10(8-19)12(5-2)18(16-11)7-13-14-9-15-17(13)6-3/h8-9H,4-7H2,1-3H3. The first-order chi connectivity index (χ1) is 9.24. The molecule has 2 aromatic rings. The summed E-state index contributed by atoms with van der Waals surface area (Å²) in [5.41, 5.74) is 2.56. The van der Waals surface area contributed by atoms with E-state index in [0.29, 0.717) is 6.54 Å². The zero-order valence-electron chi connectivity index (χ0n) is 11.6. The molecule has 0 aliphatic heterocycles. The fraction of sp³-hybridized carbons (Fsp3) is 0.538. The minimum absolute atomic E-state index is 0.553. The first-order valence-corrected chi connectivity index (χ1v) is 6.65. The summed E-state index contributed by atoms with van der Waals surface area (Å²) < 4.78 is 3.71. The van der Waals surface area contributed by atoms with Crippen molar-refractivity contribution in [3.63, 3.8) is 0 Å². The maximum atomic E-state index is 11.2. The number of carbonyl (C=O) groups is 1. The number of aldehydes is 1. The lowest BCUT2D eigenvalue weighted by atomic mass is 10.1. The molecule has 2 aromatic heterocycles. The van der Waals surface area contributed by atoms with Gasteiger partial charge in [0.25, 0.3) is 0 Å². The molecule has 0 bridgehead atoms. The average molecular weight is 261 g/mol. The van der Waals surface area contributed by atoms with Gasteiger partial charge in [-0.3, -0.25) is 9.48 Å². The lowest BCUT2D eigenvalue weighted by molar-refractivity contribution is 0.112. The number of nitrogens with zero attached hydrogens (tertiary/aromatic N) is 5. The van der Waals surface area contributed by atoms with Gasteiger partial charge in [-0.2, -0.15) is 10.2 Å². The SMILES string of the molecule is CCc1nn(Cc2ncnn2CC)c(CC)c1C=O. The topological polar surface area (TPSA) is 65.6 Å². The van der Waals surface area contributed by atoms with Gasteiger partial charge in [-0.25, -0.2) is 9.67 Å². The Kier molecular flexibility index (Phi) is 4.09. The normalized spacial score (nSPS) is 10.9. The van der Waals surface area contributed by atoms with Crippen LogP contribution in [-0.4, -0.2) is 30.8 Å². The summed E-state index contributed by atoms with van der Waals surface area (Å²) in [7, 11) is 0. The van der Waals surface area contributed by atoms with E-state index in [0.717, 1.165) is 48.4 Å². The monoisotopic (exact) mass is 261 g/mol. The number of rotatable bonds is 6. The minimum Gasteiger partial charge on any atom is -0.298 e. The lowest BCUT2D eigenvalue weighted by Crippen LogP contribution is -2.12. The van der Waals surface area contributed by atoms with E-state index in [1.165, 1.54) is 0 Å². The van der Waals surface area contributed by atoms with E-state index in [1.54, 1.807) is 6.33 Å². The van der Waals surface area contributed by atoms with Crippen molar-refractivity contribution in [2.24, 2.45) is 0 Å². The molecule has 0 saturated carbocycles. The van der Waals surface area contributed by atoms with Gasteiger partial charge in [0, 0.05) is 12.2 Å². The van der Waals surface area contributed by atoms with Gasteiger partial charge in [0.1, 0.15) is 18.7 Å². The molecule has 2 heterocycles. The van der Waals surface area contributed by atoms with Crippen molar-refractivity contribution in [3.8, 4) is 0 Å². The maximum absolute atomic E-state index is 11.2. The van der Waals surface area contributed by atoms with Gasteiger partial charge < -0.3 is 0 Å². The van der Waals surface area contributed by atoms with E-state index in [9.17, 15) is 4.79 Å². The molecular formula is C13H19N5O. The van der Waals surface area contributed by atoms with Crippen LogP contribution in [0.5, 0.6) is 0 Å². The van der Waals surface area contributed by atoms with Gasteiger partial charge in [-0.15, -0.1) is 0 Å². The van der Waals surface area contributed by atoms with Crippen LogP contribution in [0.1, 0.15) is 48.3 Å². The van der Waals surface area contributed by atoms with Gasteiger partial charge in [0.15, 0.2) is 6.29 Å². The Balaban J connectivity index is 2.39. The van der Waals surface area contributed by atoms with Crippen molar-refractivity contribution in [2.75, 3.05) is 0 Å². The highest BCUT2D eigenvalue weighted by Crippen LogP contribution is 2.15. The van der Waals surface area contributed by atoms with Gasteiger partial charge in [-0.1, -0.05) is 13.8 Å². The fourth-order valence-electron chi connectivity index (χ4n) is 2.28. The summed E-state index contributed by atoms with van der Waals surface area (Å²) in [6.07, 6.45) is 4.00. The van der Waals surface area contributed by atoms with E-state index in [4.69, 9.17) is 0 Å². The number of hydrogen-bond donors (Lipinski definition) is 0. The third kappa shape index (κ3) is 2.43. The molecule has 0 aliphatic rings. The zero-order valence-corrected chi connectivity index (χ0v) is 11.6. The number of aryl methyl sites for hydroxylation is 2. The van der Waals surface area contributed by atoms with Crippen LogP contribution in [0.2, 0.25) is 0 Å². The van der Waals surface area contributed by atoms with Crippen molar-refractivity contribution < 1.29 is 4.79 Å². The highest BCUT2D eigenvalue weighted by molar-refractivity contribution is 5.78. The summed E-state index contributed by atoms with van der Waals surface area (Å²) in [4.78, 5) is 15.5. The largest absolute Gasteiger partial charge is 0.298 e. The van der Waals surface area contributed by atoms with Crippen molar-refractivity contribution in [1.29, 1.82) is 0 Å². The predicted molar refractivity (Wildman–Crippen MR) is 71.2 cm³/mol. The molecule has 102 valence electrons. The molecule has 0 aliphatic carbocycles. The lowest BCUT2D eigenvalue weighted by Gasteiger charge is -2.06. The number of carbonyl (C=O) groups excluding carboxylic acids is 1. The van der Waals surface area contributed by atoms with Crippen LogP contribution in [0, 0.1) is 0 Å². The van der Waals surface area contributed by atoms with E-state index in [1.807, 2.05) is 30.1 Å². The van der Waals surface area contributed by atoms with Crippen molar-refractivity contribution in [2.45, 2.75) is 46.7 Å². The number of hydrogen-bond acceptors (Lipinski definition) is 4. The Morgan fingerprint density at radius 3 is 2.58 bits per heavy atom. The second-order valence-electron chi connectivity index (χ2n) is 4.28. The molecule has 0 amide bonds. The smallest absolute Gasteiger partial charge is 0.153 e. The Morgan fingerprint density at radius 1 is 1.21 bits per heavy atom. The van der Waals surface area contributed by atoms with Crippen LogP contribution in [0.3, 0.4) is 0 Å². The molecule has 0 aromatic carbocycles. The van der Waals surface area contributed by atoms with Gasteiger partial charge >= 0.3 is 0 Å². The zero-order chi connectivity index (χ0) is 13.8. The van der Waals surface area contributed by atoms with E-state index in [2.05, 4.69) is 15.2 Å². The van der Waals surface area contributed by atoms with Crippen LogP contribution in [0.25, 0.3) is 0 Å². The fourth-order valence-corrected chi connectivity index (χ4v) is 2.28. The summed E-state index contributed by atoms with van der Waals surface area (Å²) in [5, 5.41) is 8.68. The summed E-state index contributed by atoms with van der Waals surface area (Å²) >= 11 is 0. The molecule has 6 heteroatoms. The van der Waals surface area contributed by atoms with Gasteiger partial charge in [0.2, 0.25) is 0 Å². The van der Waals surface area contributed by atoms with E-state index in [-0.39, 0.29) is 0 Å². The third-order valence-corrected chi connectivity index (χ3v) is 3.25. The first kappa shape index (κ1) is 13.5. The van der Waals surface area contributed by atoms with Crippen LogP contribution >= 0.6 is 0 Å². The van der Waals surface area contributed by atoms with E-state index >= 15 is 0 Å². The number of aromatic nitrogens is 5. The second kappa shape index (κ2) is 5.77. The highest BCUT2D eigenvalue weighted by Gasteiger charge is 2.16. The third-order valence-electron chi connectivity index (χ3n) is 3.25. The summed E-state index contributed by atoms with van der Waals surface area (Å²) in [6.45, 7) is 7.39. The molecule has 6 nitrogen and oxygen atoms in total. The summed E-state index contributed by atoms with van der Waals surface area (Å²) in [5.74, 6) is 0.861. The van der Waals surface area contributed by atoms with Gasteiger partial charge in [-0.05, 0) is 19.8 Å². The minimum atomic E-state index is 0.553.